The van der Waals surface area contributed by atoms with Crippen LogP contribution in [-0.2, 0) is 30.6 Å². The molecule has 2 aromatic rings. The lowest BCUT2D eigenvalue weighted by molar-refractivity contribution is -0.126. The van der Waals surface area contributed by atoms with E-state index < -0.39 is 20.0 Å². The molecule has 0 unspecified atom stereocenters. The number of aryl methyl sites for hydroxylation is 1. The summed E-state index contributed by atoms with van der Waals surface area (Å²) in [5, 5.41) is 2.86. The average molecular weight is 550 g/mol. The lowest BCUT2D eigenvalue weighted by Crippen LogP contribution is -2.43. The SMILES string of the molecule is Cc1cccc(CS(=O)(=O)N2CCC(C(=O)NCCOc3ccc(S(=O)(=O)N4CCCC4)cc3)CC2)c1. The van der Waals surface area contributed by atoms with Crippen LogP contribution < -0.4 is 10.1 Å². The first kappa shape index (κ1) is 27.6. The van der Waals surface area contributed by atoms with Gasteiger partial charge in [-0.15, -0.1) is 0 Å². The Kier molecular flexibility index (Phi) is 8.89. The molecule has 202 valence electrons. The Labute approximate surface area is 219 Å². The van der Waals surface area contributed by atoms with Crippen molar-refractivity contribution in [3.63, 3.8) is 0 Å². The molecule has 9 nitrogen and oxygen atoms in total. The van der Waals surface area contributed by atoms with E-state index in [2.05, 4.69) is 5.32 Å². The molecule has 0 bridgehead atoms. The lowest BCUT2D eigenvalue weighted by Gasteiger charge is -2.30. The predicted octanol–water partition coefficient (Wildman–Crippen LogP) is 2.52. The number of rotatable bonds is 10. The minimum Gasteiger partial charge on any atom is -0.492 e. The molecule has 11 heteroatoms. The van der Waals surface area contributed by atoms with Crippen molar-refractivity contribution < 1.29 is 26.4 Å². The molecule has 1 N–H and O–H groups in total. The molecule has 2 saturated heterocycles. The standard InChI is InChI=1S/C26H35N3O6S2/c1-21-5-4-6-22(19-21)20-36(31,32)28-16-11-23(12-17-28)26(30)27-13-18-35-24-7-9-25(10-8-24)37(33,34)29-14-2-3-15-29/h4-10,19,23H,2-3,11-18,20H2,1H3,(H,27,30). The number of amides is 1. The molecule has 0 spiro atoms. The monoisotopic (exact) mass is 549 g/mol. The molecule has 2 aliphatic rings. The number of carbonyl (C=O) groups is 1. The number of nitrogens with zero attached hydrogens (tertiary/aromatic N) is 2. The van der Waals surface area contributed by atoms with E-state index in [1.54, 1.807) is 24.3 Å². The molecule has 2 aliphatic heterocycles. The molecule has 0 atom stereocenters. The van der Waals surface area contributed by atoms with Gasteiger partial charge in [0.1, 0.15) is 12.4 Å². The maximum Gasteiger partial charge on any atom is 0.243 e. The number of ether oxygens (including phenoxy) is 1. The molecule has 0 saturated carbocycles. The first-order valence-electron chi connectivity index (χ1n) is 12.7. The van der Waals surface area contributed by atoms with Gasteiger partial charge in [0.15, 0.2) is 0 Å². The third-order valence-corrected chi connectivity index (χ3v) is 10.6. The van der Waals surface area contributed by atoms with Gasteiger partial charge in [0.05, 0.1) is 17.2 Å². The highest BCUT2D eigenvalue weighted by molar-refractivity contribution is 7.89. The highest BCUT2D eigenvalue weighted by atomic mass is 32.2. The van der Waals surface area contributed by atoms with E-state index in [0.29, 0.717) is 51.3 Å². The van der Waals surface area contributed by atoms with Gasteiger partial charge in [-0.25, -0.2) is 21.1 Å². The number of piperidine rings is 1. The minimum absolute atomic E-state index is 0.0337. The minimum atomic E-state index is -3.46. The van der Waals surface area contributed by atoms with Gasteiger partial charge in [0.25, 0.3) is 0 Å². The zero-order valence-electron chi connectivity index (χ0n) is 21.1. The van der Waals surface area contributed by atoms with Crippen LogP contribution in [0.4, 0.5) is 0 Å². The van der Waals surface area contributed by atoms with Gasteiger partial charge in [0.2, 0.25) is 26.0 Å². The van der Waals surface area contributed by atoms with Crippen LogP contribution in [0.5, 0.6) is 5.75 Å². The topological polar surface area (TPSA) is 113 Å². The summed E-state index contributed by atoms with van der Waals surface area (Å²) in [5.41, 5.74) is 1.79. The summed E-state index contributed by atoms with van der Waals surface area (Å²) in [6.45, 7) is 4.26. The van der Waals surface area contributed by atoms with Gasteiger partial charge < -0.3 is 10.1 Å². The van der Waals surface area contributed by atoms with E-state index >= 15 is 0 Å². The van der Waals surface area contributed by atoms with Gasteiger partial charge in [-0.1, -0.05) is 29.8 Å². The summed E-state index contributed by atoms with van der Waals surface area (Å²) < 4.78 is 59.5. The van der Waals surface area contributed by atoms with Crippen LogP contribution in [0.15, 0.2) is 53.4 Å². The summed E-state index contributed by atoms with van der Waals surface area (Å²) >= 11 is 0. The van der Waals surface area contributed by atoms with Crippen LogP contribution in [-0.4, -0.2) is 70.7 Å². The zero-order chi connectivity index (χ0) is 26.5. The number of sulfonamides is 2. The van der Waals surface area contributed by atoms with Crippen molar-refractivity contribution in [1.82, 2.24) is 13.9 Å². The molecule has 0 aliphatic carbocycles. The number of hydrogen-bond donors (Lipinski definition) is 1. The largest absolute Gasteiger partial charge is 0.492 e. The molecule has 0 aromatic heterocycles. The molecule has 4 rings (SSSR count). The quantitative estimate of drug-likeness (QED) is 0.456. The first-order valence-corrected chi connectivity index (χ1v) is 15.7. The van der Waals surface area contributed by atoms with E-state index in [1.165, 1.54) is 8.61 Å². The second-order valence-corrected chi connectivity index (χ2v) is 13.5. The molecule has 37 heavy (non-hydrogen) atoms. The van der Waals surface area contributed by atoms with E-state index in [1.807, 2.05) is 31.2 Å². The Hall–Kier alpha value is -2.47. The summed E-state index contributed by atoms with van der Waals surface area (Å²) in [5.74, 6) is 0.155. The number of carbonyl (C=O) groups excluding carboxylic acids is 1. The van der Waals surface area contributed by atoms with Crippen molar-refractivity contribution in [3.8, 4) is 5.75 Å². The Morgan fingerprint density at radius 1 is 0.946 bits per heavy atom. The Morgan fingerprint density at radius 3 is 2.27 bits per heavy atom. The van der Waals surface area contributed by atoms with Crippen LogP contribution in [0.3, 0.4) is 0 Å². The fraction of sp³-hybridized carbons (Fsp3) is 0.500. The highest BCUT2D eigenvalue weighted by Gasteiger charge is 2.31. The number of hydrogen-bond acceptors (Lipinski definition) is 6. The van der Waals surface area contributed by atoms with Crippen molar-refractivity contribution >= 4 is 26.0 Å². The van der Waals surface area contributed by atoms with Gasteiger partial charge in [0, 0.05) is 32.1 Å². The Morgan fingerprint density at radius 2 is 1.62 bits per heavy atom. The zero-order valence-corrected chi connectivity index (χ0v) is 22.8. The van der Waals surface area contributed by atoms with E-state index in [9.17, 15) is 21.6 Å². The van der Waals surface area contributed by atoms with Crippen LogP contribution in [0.25, 0.3) is 0 Å². The van der Waals surface area contributed by atoms with E-state index in [-0.39, 0.29) is 29.1 Å². The second-order valence-electron chi connectivity index (χ2n) is 9.64. The lowest BCUT2D eigenvalue weighted by atomic mass is 9.97. The summed E-state index contributed by atoms with van der Waals surface area (Å²) in [6, 6.07) is 13.8. The van der Waals surface area contributed by atoms with Crippen molar-refractivity contribution in [3.05, 3.63) is 59.7 Å². The molecule has 2 aromatic carbocycles. The number of nitrogens with one attached hydrogen (secondary N) is 1. The summed E-state index contributed by atoms with van der Waals surface area (Å²) in [4.78, 5) is 12.8. The first-order chi connectivity index (χ1) is 17.6. The smallest absolute Gasteiger partial charge is 0.243 e. The van der Waals surface area contributed by atoms with Crippen molar-refractivity contribution in [2.45, 2.75) is 43.3 Å². The van der Waals surface area contributed by atoms with Crippen LogP contribution in [0.1, 0.15) is 36.8 Å². The fourth-order valence-corrected chi connectivity index (χ4v) is 7.84. The predicted molar refractivity (Wildman–Crippen MR) is 141 cm³/mol. The van der Waals surface area contributed by atoms with Crippen molar-refractivity contribution in [2.75, 3.05) is 39.3 Å². The van der Waals surface area contributed by atoms with Crippen LogP contribution >= 0.6 is 0 Å². The van der Waals surface area contributed by atoms with Gasteiger partial charge in [-0.3, -0.25) is 4.79 Å². The maximum absolute atomic E-state index is 12.8. The van der Waals surface area contributed by atoms with E-state index in [4.69, 9.17) is 4.74 Å². The van der Waals surface area contributed by atoms with Gasteiger partial charge >= 0.3 is 0 Å². The van der Waals surface area contributed by atoms with Gasteiger partial charge in [-0.05, 0) is 62.4 Å². The molecule has 2 fully saturated rings. The third-order valence-electron chi connectivity index (χ3n) is 6.85. The molecule has 2 heterocycles. The van der Waals surface area contributed by atoms with Gasteiger partial charge in [-0.2, -0.15) is 4.31 Å². The molecule has 1 amide bonds. The number of benzene rings is 2. The van der Waals surface area contributed by atoms with Crippen LogP contribution in [0, 0.1) is 12.8 Å². The van der Waals surface area contributed by atoms with Crippen molar-refractivity contribution in [2.24, 2.45) is 5.92 Å². The van der Waals surface area contributed by atoms with Crippen LogP contribution in [0.2, 0.25) is 0 Å². The van der Waals surface area contributed by atoms with Crippen molar-refractivity contribution in [1.29, 1.82) is 0 Å². The molecule has 0 radical (unpaired) electrons. The third kappa shape index (κ3) is 7.10. The fourth-order valence-electron chi connectivity index (χ4n) is 4.77. The van der Waals surface area contributed by atoms with E-state index in [0.717, 1.165) is 24.0 Å². The average Bonchev–Trinajstić information content (AvgIpc) is 3.43. The second kappa shape index (κ2) is 11.9. The normalized spacial score (nSPS) is 18.1. The summed E-state index contributed by atoms with van der Waals surface area (Å²) in [7, 11) is -6.89. The summed E-state index contributed by atoms with van der Waals surface area (Å²) in [6.07, 6.45) is 2.73. The Bertz CT molecular complexity index is 1280. The molecular weight excluding hydrogens is 514 g/mol. The highest BCUT2D eigenvalue weighted by Crippen LogP contribution is 2.24. The Balaban J connectivity index is 1.18. The molecular formula is C26H35N3O6S2. The maximum atomic E-state index is 12.8.